The van der Waals surface area contributed by atoms with E-state index in [0.717, 1.165) is 76.5 Å². The van der Waals surface area contributed by atoms with Crippen LogP contribution in [0.4, 0.5) is 0 Å². The molecule has 9 rings (SSSR count). The normalized spacial score (nSPS) is 11.6. The lowest BCUT2D eigenvalue weighted by atomic mass is 9.97. The van der Waals surface area contributed by atoms with Crippen LogP contribution < -0.4 is 37.9 Å². The zero-order valence-corrected chi connectivity index (χ0v) is 32.4. The van der Waals surface area contributed by atoms with Crippen LogP contribution in [0, 0.1) is 0 Å². The summed E-state index contributed by atoms with van der Waals surface area (Å²) in [5, 5.41) is 8.00. The van der Waals surface area contributed by atoms with Crippen LogP contribution >= 0.6 is 0 Å². The Morgan fingerprint density at radius 2 is 0.464 bits per heavy atom. The molecule has 282 valence electrons. The molecule has 0 aliphatic heterocycles. The predicted molar refractivity (Wildman–Crippen MR) is 223 cm³/mol. The summed E-state index contributed by atoms with van der Waals surface area (Å²) >= 11 is 0. The van der Waals surface area contributed by atoms with Gasteiger partial charge in [0.15, 0.2) is 46.0 Å². The van der Waals surface area contributed by atoms with Crippen molar-refractivity contribution in [2.45, 2.75) is 0 Å². The van der Waals surface area contributed by atoms with Gasteiger partial charge in [0.25, 0.3) is 0 Å². The molecule has 0 aliphatic carbocycles. The molecule has 0 atom stereocenters. The number of ether oxygens (including phenoxy) is 8. The Morgan fingerprint density at radius 3 is 0.661 bits per heavy atom. The molecular formula is C46H40N2O8. The quantitative estimate of drug-likeness (QED) is 0.128. The Bertz CT molecular complexity index is 2630. The number of benzene rings is 7. The average molecular weight is 749 g/mol. The van der Waals surface area contributed by atoms with E-state index in [-0.39, 0.29) is 0 Å². The van der Waals surface area contributed by atoms with E-state index >= 15 is 0 Å². The van der Waals surface area contributed by atoms with Crippen LogP contribution in [-0.2, 0) is 0 Å². The maximum atomic E-state index is 5.89. The summed E-state index contributed by atoms with van der Waals surface area (Å²) < 4.78 is 51.4. The van der Waals surface area contributed by atoms with Crippen molar-refractivity contribution in [3.8, 4) is 57.4 Å². The molecule has 0 saturated carbocycles. The van der Waals surface area contributed by atoms with Crippen LogP contribution in [0.3, 0.4) is 0 Å². The summed E-state index contributed by atoms with van der Waals surface area (Å²) in [4.78, 5) is 0. The van der Waals surface area contributed by atoms with E-state index in [1.165, 1.54) is 0 Å². The van der Waals surface area contributed by atoms with Crippen LogP contribution in [0.15, 0.2) is 97.1 Å². The third kappa shape index (κ3) is 4.88. The van der Waals surface area contributed by atoms with Gasteiger partial charge in [-0.1, -0.05) is 48.5 Å². The summed E-state index contributed by atoms with van der Waals surface area (Å²) in [6, 6.07) is 33.3. The van der Waals surface area contributed by atoms with Crippen molar-refractivity contribution in [2.75, 3.05) is 56.9 Å². The third-order valence-corrected chi connectivity index (χ3v) is 10.9. The summed E-state index contributed by atoms with van der Waals surface area (Å²) in [6.07, 6.45) is 0. The summed E-state index contributed by atoms with van der Waals surface area (Å²) in [7, 11) is 13.2. The van der Waals surface area contributed by atoms with E-state index in [0.29, 0.717) is 46.0 Å². The highest BCUT2D eigenvalue weighted by Gasteiger charge is 2.26. The van der Waals surface area contributed by atoms with Crippen molar-refractivity contribution in [3.05, 3.63) is 97.1 Å². The highest BCUT2D eigenvalue weighted by atomic mass is 16.5. The highest BCUT2D eigenvalue weighted by Crippen LogP contribution is 2.49. The predicted octanol–water partition coefficient (Wildman–Crippen LogP) is 10.3. The first kappa shape index (κ1) is 34.8. The van der Waals surface area contributed by atoms with Gasteiger partial charge in [-0.25, -0.2) is 0 Å². The second-order valence-electron chi connectivity index (χ2n) is 13.4. The van der Waals surface area contributed by atoms with Gasteiger partial charge in [-0.2, -0.15) is 0 Å². The topological polar surface area (TPSA) is 83.7 Å². The number of hydrogen-bond acceptors (Lipinski definition) is 8. The van der Waals surface area contributed by atoms with Gasteiger partial charge in [-0.3, -0.25) is 0 Å². The molecule has 0 aliphatic rings. The molecule has 0 bridgehead atoms. The Balaban J connectivity index is 1.50. The van der Waals surface area contributed by atoms with Gasteiger partial charge < -0.3 is 47.0 Å². The zero-order valence-electron chi connectivity index (χ0n) is 32.4. The maximum absolute atomic E-state index is 5.89. The van der Waals surface area contributed by atoms with Gasteiger partial charge in [0.1, 0.15) is 0 Å². The first-order valence-corrected chi connectivity index (χ1v) is 18.0. The van der Waals surface area contributed by atoms with Gasteiger partial charge in [0.2, 0.25) is 0 Å². The minimum Gasteiger partial charge on any atom is -0.493 e. The number of fused-ring (bicyclic) bond motifs is 8. The zero-order chi connectivity index (χ0) is 38.8. The van der Waals surface area contributed by atoms with Gasteiger partial charge in [-0.15, -0.1) is 0 Å². The van der Waals surface area contributed by atoms with Crippen molar-refractivity contribution in [1.29, 1.82) is 0 Å². The standard InChI is InChI=1S/C46H40N2O8/c1-49-37-17-29-30-18-38(50-2)42(54-6)22-34(30)47(33(29)21-41(37)53-5)45-25-13-9-11-15-27(25)46(28-16-12-10-14-26(28)45)48-35-23-43(55-7)39(51-3)19-31(35)32-20-40(52-4)44(56-8)24-36(32)48/h9-24H,1-8H3. The molecule has 0 radical (unpaired) electrons. The minimum absolute atomic E-state index is 0.618. The average Bonchev–Trinajstić information content (AvgIpc) is 3.72. The second-order valence-corrected chi connectivity index (χ2v) is 13.4. The van der Waals surface area contributed by atoms with Crippen LogP contribution in [0.25, 0.3) is 76.5 Å². The lowest BCUT2D eigenvalue weighted by Crippen LogP contribution is -2.03. The number of aromatic nitrogens is 2. The summed E-state index contributed by atoms with van der Waals surface area (Å²) in [5.74, 6) is 4.99. The molecule has 0 amide bonds. The number of rotatable bonds is 10. The minimum atomic E-state index is 0.618. The molecule has 56 heavy (non-hydrogen) atoms. The molecule has 0 saturated heterocycles. The van der Waals surface area contributed by atoms with Gasteiger partial charge in [0.05, 0.1) is 90.3 Å². The van der Waals surface area contributed by atoms with E-state index in [2.05, 4.69) is 57.7 Å². The Hall–Kier alpha value is -6.94. The van der Waals surface area contributed by atoms with Crippen LogP contribution in [-0.4, -0.2) is 66.0 Å². The highest BCUT2D eigenvalue weighted by molar-refractivity contribution is 6.21. The maximum Gasteiger partial charge on any atom is 0.162 e. The number of methoxy groups -OCH3 is 8. The molecule has 7 aromatic carbocycles. The van der Waals surface area contributed by atoms with Gasteiger partial charge in [-0.05, 0) is 24.3 Å². The van der Waals surface area contributed by atoms with E-state index in [1.54, 1.807) is 56.9 Å². The molecule has 0 N–H and O–H groups in total. The summed E-state index contributed by atoms with van der Waals surface area (Å²) in [5.41, 5.74) is 5.73. The molecular weight excluding hydrogens is 709 g/mol. The summed E-state index contributed by atoms with van der Waals surface area (Å²) in [6.45, 7) is 0. The van der Waals surface area contributed by atoms with Gasteiger partial charge >= 0.3 is 0 Å². The van der Waals surface area contributed by atoms with Crippen molar-refractivity contribution in [3.63, 3.8) is 0 Å². The van der Waals surface area contributed by atoms with Crippen molar-refractivity contribution < 1.29 is 37.9 Å². The lowest BCUT2D eigenvalue weighted by molar-refractivity contribution is 0.355. The second kappa shape index (κ2) is 13.4. The molecule has 10 heteroatoms. The molecule has 2 aromatic heterocycles. The smallest absolute Gasteiger partial charge is 0.162 e. The van der Waals surface area contributed by atoms with E-state index in [9.17, 15) is 0 Å². The molecule has 10 nitrogen and oxygen atoms in total. The monoisotopic (exact) mass is 748 g/mol. The fourth-order valence-corrected chi connectivity index (χ4v) is 8.38. The first-order chi connectivity index (χ1) is 27.4. The third-order valence-electron chi connectivity index (χ3n) is 10.9. The first-order valence-electron chi connectivity index (χ1n) is 18.0. The van der Waals surface area contributed by atoms with E-state index in [4.69, 9.17) is 37.9 Å². The van der Waals surface area contributed by atoms with E-state index in [1.807, 2.05) is 48.5 Å². The molecule has 9 aromatic rings. The van der Waals surface area contributed by atoms with Crippen molar-refractivity contribution in [1.82, 2.24) is 9.13 Å². The molecule has 2 heterocycles. The van der Waals surface area contributed by atoms with E-state index < -0.39 is 0 Å². The van der Waals surface area contributed by atoms with Crippen LogP contribution in [0.1, 0.15) is 0 Å². The van der Waals surface area contributed by atoms with Crippen LogP contribution in [0.5, 0.6) is 46.0 Å². The Kier molecular flexibility index (Phi) is 8.34. The molecule has 0 spiro atoms. The molecule has 0 unspecified atom stereocenters. The Labute approximate surface area is 322 Å². The fraction of sp³-hybridized carbons (Fsp3) is 0.174. The Morgan fingerprint density at radius 1 is 0.268 bits per heavy atom. The largest absolute Gasteiger partial charge is 0.493 e. The van der Waals surface area contributed by atoms with Crippen molar-refractivity contribution in [2.24, 2.45) is 0 Å². The molecule has 0 fully saturated rings. The van der Waals surface area contributed by atoms with Gasteiger partial charge in [0, 0.05) is 67.4 Å². The SMILES string of the molecule is COc1cc2c3cc(OC)c(OC)cc3n(-c3c4ccccc4c(-n4c5cc(OC)c(OC)cc5c5cc(OC)c(OC)cc54)c4ccccc34)c2cc1OC. The number of nitrogens with zero attached hydrogens (tertiary/aromatic N) is 2. The fourth-order valence-electron chi connectivity index (χ4n) is 8.38. The van der Waals surface area contributed by atoms with Crippen LogP contribution in [0.2, 0.25) is 0 Å². The van der Waals surface area contributed by atoms with Crippen molar-refractivity contribution >= 4 is 65.2 Å². The lowest BCUT2D eigenvalue weighted by Gasteiger charge is -2.21. The number of hydrogen-bond donors (Lipinski definition) is 0.